The highest BCUT2D eigenvalue weighted by molar-refractivity contribution is 7.86. The van der Waals surface area contributed by atoms with Gasteiger partial charge >= 0.3 is 18.2 Å². The highest BCUT2D eigenvalue weighted by atomic mass is 32.3. The molecule has 1 heterocycles. The summed E-state index contributed by atoms with van der Waals surface area (Å²) in [4.78, 5) is 8.36. The molecular formula is CH3O7PS. The van der Waals surface area contributed by atoms with Gasteiger partial charge in [-0.15, -0.1) is 3.97 Å². The van der Waals surface area contributed by atoms with Crippen LogP contribution in [0.2, 0.25) is 0 Å². The lowest BCUT2D eigenvalue weighted by Crippen LogP contribution is -2.17. The standard InChI is InChI=1S/CH3O7PS/c2-9(3)6-1-7-10(4,5)8-9/h1H2,(H,2,3). The lowest BCUT2D eigenvalue weighted by Gasteiger charge is -2.15. The Morgan fingerprint density at radius 1 is 1.50 bits per heavy atom. The van der Waals surface area contributed by atoms with Gasteiger partial charge in [-0.3, -0.25) is 4.52 Å². The Kier molecular flexibility index (Phi) is 1.84. The molecule has 9 heteroatoms. The quantitative estimate of drug-likeness (QED) is 0.506. The van der Waals surface area contributed by atoms with Crippen LogP contribution in [0.5, 0.6) is 0 Å². The second kappa shape index (κ2) is 2.26. The van der Waals surface area contributed by atoms with Crippen LogP contribution in [0.3, 0.4) is 0 Å². The third kappa shape index (κ3) is 2.01. The average molecular weight is 190 g/mol. The minimum absolute atomic E-state index is 0.796. The number of phosphoric ester groups is 1. The van der Waals surface area contributed by atoms with Crippen molar-refractivity contribution in [3.05, 3.63) is 0 Å². The summed E-state index contributed by atoms with van der Waals surface area (Å²) in [5, 5.41) is 0. The van der Waals surface area contributed by atoms with E-state index in [1.54, 1.807) is 0 Å². The Balaban J connectivity index is 2.86. The maximum atomic E-state index is 10.3. The molecule has 0 radical (unpaired) electrons. The normalized spacial score (nSPS) is 39.3. The van der Waals surface area contributed by atoms with E-state index >= 15 is 0 Å². The molecule has 0 aromatic carbocycles. The van der Waals surface area contributed by atoms with Crippen LogP contribution in [0.4, 0.5) is 0 Å². The van der Waals surface area contributed by atoms with Gasteiger partial charge in [0.25, 0.3) is 0 Å². The van der Waals surface area contributed by atoms with E-state index in [-0.39, 0.29) is 0 Å². The molecule has 1 aliphatic heterocycles. The van der Waals surface area contributed by atoms with Crippen molar-refractivity contribution in [1.82, 2.24) is 0 Å². The van der Waals surface area contributed by atoms with Crippen LogP contribution in [0.15, 0.2) is 0 Å². The van der Waals surface area contributed by atoms with Gasteiger partial charge in [0, 0.05) is 0 Å². The SMILES string of the molecule is O=P1(O)OCOS(=O)(=O)O1. The Hall–Kier alpha value is 0.0200. The maximum absolute atomic E-state index is 10.3. The molecule has 1 aliphatic rings. The highest BCUT2D eigenvalue weighted by Gasteiger charge is 2.36. The molecule has 1 rings (SSSR count). The van der Waals surface area contributed by atoms with Crippen LogP contribution >= 0.6 is 7.82 Å². The van der Waals surface area contributed by atoms with Crippen molar-refractivity contribution in [2.75, 3.05) is 6.79 Å². The molecule has 0 aromatic heterocycles. The fraction of sp³-hybridized carbons (Fsp3) is 1.00. The zero-order valence-corrected chi connectivity index (χ0v) is 6.17. The van der Waals surface area contributed by atoms with Gasteiger partial charge in [-0.05, 0) is 0 Å². The summed E-state index contributed by atoms with van der Waals surface area (Å²) in [6.45, 7) is -0.796. The van der Waals surface area contributed by atoms with Gasteiger partial charge in [0.2, 0.25) is 0 Å². The van der Waals surface area contributed by atoms with Crippen LogP contribution in [0.1, 0.15) is 0 Å². The topological polar surface area (TPSA) is 99.1 Å². The predicted octanol–water partition coefficient (Wildman–Crippen LogP) is -0.647. The summed E-state index contributed by atoms with van der Waals surface area (Å²) in [6, 6.07) is 0. The zero-order valence-electron chi connectivity index (χ0n) is 4.46. The molecule has 60 valence electrons. The first-order chi connectivity index (χ1) is 4.41. The minimum atomic E-state index is -4.42. The van der Waals surface area contributed by atoms with Crippen molar-refractivity contribution < 1.29 is 30.6 Å². The molecule has 0 spiro atoms. The highest BCUT2D eigenvalue weighted by Crippen LogP contribution is 2.47. The van der Waals surface area contributed by atoms with Crippen molar-refractivity contribution in [1.29, 1.82) is 0 Å². The molecular weight excluding hydrogens is 187 g/mol. The van der Waals surface area contributed by atoms with E-state index in [0.29, 0.717) is 0 Å². The van der Waals surface area contributed by atoms with Crippen LogP contribution in [-0.4, -0.2) is 20.1 Å². The van der Waals surface area contributed by atoms with Crippen LogP contribution in [-0.2, 0) is 27.6 Å². The van der Waals surface area contributed by atoms with E-state index < -0.39 is 25.0 Å². The van der Waals surface area contributed by atoms with Gasteiger partial charge in [-0.25, -0.2) is 8.75 Å². The van der Waals surface area contributed by atoms with Gasteiger partial charge in [0.1, 0.15) is 0 Å². The molecule has 1 unspecified atom stereocenters. The smallest absolute Gasteiger partial charge is 0.302 e. The van der Waals surface area contributed by atoms with Crippen LogP contribution < -0.4 is 0 Å². The monoisotopic (exact) mass is 190 g/mol. The molecule has 1 N–H and O–H groups in total. The van der Waals surface area contributed by atoms with E-state index in [2.05, 4.69) is 12.7 Å². The lowest BCUT2D eigenvalue weighted by atomic mass is 11.6. The second-order valence-electron chi connectivity index (χ2n) is 1.32. The number of rotatable bonds is 0. The zero-order chi connectivity index (χ0) is 7.83. The summed E-state index contributed by atoms with van der Waals surface area (Å²) in [6.07, 6.45) is 0. The number of phosphoric acid groups is 1. The fourth-order valence-electron chi connectivity index (χ4n) is 0.305. The maximum Gasteiger partial charge on any atom is 0.490 e. The predicted molar refractivity (Wildman–Crippen MR) is 26.9 cm³/mol. The molecule has 1 saturated heterocycles. The molecule has 7 nitrogen and oxygen atoms in total. The van der Waals surface area contributed by atoms with Crippen LogP contribution in [0.25, 0.3) is 0 Å². The van der Waals surface area contributed by atoms with E-state index in [4.69, 9.17) is 4.89 Å². The van der Waals surface area contributed by atoms with E-state index in [1.807, 2.05) is 0 Å². The minimum Gasteiger partial charge on any atom is -0.302 e. The molecule has 1 fully saturated rings. The molecule has 0 aliphatic carbocycles. The van der Waals surface area contributed by atoms with E-state index in [0.717, 1.165) is 0 Å². The first-order valence-corrected chi connectivity index (χ1v) is 4.82. The molecule has 1 atom stereocenters. The van der Waals surface area contributed by atoms with Gasteiger partial charge in [-0.1, -0.05) is 0 Å². The molecule has 0 amide bonds. The summed E-state index contributed by atoms with van der Waals surface area (Å²) in [5.74, 6) is 0. The van der Waals surface area contributed by atoms with Crippen molar-refractivity contribution in [2.45, 2.75) is 0 Å². The average Bonchev–Trinajstić information content (AvgIpc) is 1.56. The largest absolute Gasteiger partial charge is 0.490 e. The third-order valence-corrected chi connectivity index (χ3v) is 2.89. The lowest BCUT2D eigenvalue weighted by molar-refractivity contribution is 0.0509. The summed E-state index contributed by atoms with van der Waals surface area (Å²) < 4.78 is 41.9. The van der Waals surface area contributed by atoms with Gasteiger partial charge < -0.3 is 4.89 Å². The second-order valence-corrected chi connectivity index (χ2v) is 4.16. The summed E-state index contributed by atoms with van der Waals surface area (Å²) in [7, 11) is -8.75. The Morgan fingerprint density at radius 3 is 2.40 bits per heavy atom. The summed E-state index contributed by atoms with van der Waals surface area (Å²) >= 11 is 0. The fourth-order valence-corrected chi connectivity index (χ4v) is 2.00. The van der Waals surface area contributed by atoms with E-state index in [9.17, 15) is 13.0 Å². The Bertz CT molecular complexity index is 263. The van der Waals surface area contributed by atoms with Gasteiger partial charge in [0.05, 0.1) is 0 Å². The Labute approximate surface area is 56.5 Å². The van der Waals surface area contributed by atoms with E-state index in [1.165, 1.54) is 0 Å². The molecule has 10 heavy (non-hydrogen) atoms. The first-order valence-electron chi connectivity index (χ1n) is 1.99. The third-order valence-electron chi connectivity index (χ3n) is 0.594. The van der Waals surface area contributed by atoms with Gasteiger partial charge in [-0.2, -0.15) is 8.42 Å². The molecule has 0 saturated carbocycles. The van der Waals surface area contributed by atoms with Crippen molar-refractivity contribution in [2.24, 2.45) is 0 Å². The first kappa shape index (κ1) is 8.12. The number of hydrogen-bond donors (Lipinski definition) is 1. The summed E-state index contributed by atoms with van der Waals surface area (Å²) in [5.41, 5.74) is 0. The van der Waals surface area contributed by atoms with Crippen LogP contribution in [0, 0.1) is 0 Å². The Morgan fingerprint density at radius 2 is 2.10 bits per heavy atom. The van der Waals surface area contributed by atoms with Gasteiger partial charge in [0.15, 0.2) is 6.79 Å². The number of hydrogen-bond acceptors (Lipinski definition) is 6. The molecule has 0 bridgehead atoms. The van der Waals surface area contributed by atoms with Crippen molar-refractivity contribution >= 4 is 18.2 Å². The van der Waals surface area contributed by atoms with Crippen molar-refractivity contribution in [3.63, 3.8) is 0 Å². The van der Waals surface area contributed by atoms with Crippen molar-refractivity contribution in [3.8, 4) is 0 Å². The molecule has 0 aromatic rings.